The number of alkyl halides is 3. The normalized spacial score (nSPS) is 12.1. The Kier molecular flexibility index (Phi) is 8.71. The van der Waals surface area contributed by atoms with Gasteiger partial charge >= 0.3 is 6.18 Å². The van der Waals surface area contributed by atoms with Gasteiger partial charge in [0.2, 0.25) is 0 Å². The molecule has 2 nitrogen and oxygen atoms in total. The average Bonchev–Trinajstić information content (AvgIpc) is 3.70. The molecular weight excluding hydrogens is 830 g/mol. The predicted octanol–water partition coefficient (Wildman–Crippen LogP) is 17.6. The van der Waals surface area contributed by atoms with Gasteiger partial charge in [-0.15, -0.1) is 0 Å². The molecule has 0 saturated carbocycles. The quantitative estimate of drug-likeness (QED) is 0.158. The first-order chi connectivity index (χ1) is 32.8. The number of halogens is 3. The van der Waals surface area contributed by atoms with Gasteiger partial charge in [-0.05, 0) is 143 Å². The summed E-state index contributed by atoms with van der Waals surface area (Å²) in [6.45, 7) is 0. The van der Waals surface area contributed by atoms with Crippen LogP contribution in [-0.4, -0.2) is 9.55 Å². The summed E-state index contributed by atoms with van der Waals surface area (Å²) in [5.74, 6) is 0. The minimum atomic E-state index is -4.40. The maximum Gasteiger partial charge on any atom is 0.416 e. The summed E-state index contributed by atoms with van der Waals surface area (Å²) in [4.78, 5) is 5.42. The highest BCUT2D eigenvalue weighted by Gasteiger charge is 2.30. The summed E-state index contributed by atoms with van der Waals surface area (Å²) in [5, 5.41) is 13.4. The third-order valence-electron chi connectivity index (χ3n) is 13.5. The first-order valence-corrected chi connectivity index (χ1v) is 22.4. The molecule has 0 fully saturated rings. The molecule has 11 aromatic carbocycles. The topological polar surface area (TPSA) is 17.8 Å². The van der Waals surface area contributed by atoms with Gasteiger partial charge in [-0.1, -0.05) is 158 Å². The van der Waals surface area contributed by atoms with Crippen LogP contribution in [0.2, 0.25) is 0 Å². The van der Waals surface area contributed by atoms with Gasteiger partial charge in [-0.3, -0.25) is 0 Å². The fourth-order valence-corrected chi connectivity index (χ4v) is 10.2. The van der Waals surface area contributed by atoms with Crippen LogP contribution in [0.3, 0.4) is 0 Å². The molecule has 0 aliphatic rings. The van der Waals surface area contributed by atoms with E-state index in [1.807, 2.05) is 12.1 Å². The van der Waals surface area contributed by atoms with Crippen molar-refractivity contribution in [3.63, 3.8) is 0 Å². The van der Waals surface area contributed by atoms with Crippen LogP contribution >= 0.6 is 0 Å². The Morgan fingerprint density at radius 2 is 0.761 bits per heavy atom. The number of fused-ring (bicyclic) bond motifs is 11. The smallest absolute Gasteiger partial charge is 0.309 e. The van der Waals surface area contributed by atoms with E-state index in [-0.39, 0.29) is 0 Å². The largest absolute Gasteiger partial charge is 0.416 e. The second-order valence-corrected chi connectivity index (χ2v) is 17.4. The summed E-state index contributed by atoms with van der Waals surface area (Å²) in [5.41, 5.74) is 10.1. The number of nitrogens with zero attached hydrogens (tertiary/aromatic N) is 2. The zero-order chi connectivity index (χ0) is 44.8. The summed E-state index contributed by atoms with van der Waals surface area (Å²) >= 11 is 0. The van der Waals surface area contributed by atoms with Crippen molar-refractivity contribution in [2.45, 2.75) is 6.18 Å². The van der Waals surface area contributed by atoms with E-state index < -0.39 is 11.7 Å². The first kappa shape index (κ1) is 38.9. The van der Waals surface area contributed by atoms with E-state index >= 15 is 0 Å². The van der Waals surface area contributed by atoms with Crippen LogP contribution in [0.25, 0.3) is 126 Å². The van der Waals surface area contributed by atoms with Crippen LogP contribution in [0.5, 0.6) is 0 Å². The molecule has 0 amide bonds. The van der Waals surface area contributed by atoms with Gasteiger partial charge in [0.05, 0.1) is 33.7 Å². The van der Waals surface area contributed by atoms with Gasteiger partial charge in [-0.2, -0.15) is 13.2 Å². The maximum absolute atomic E-state index is 13.6. The van der Waals surface area contributed by atoms with Crippen LogP contribution in [0.15, 0.2) is 224 Å². The molecule has 0 aliphatic carbocycles. The van der Waals surface area contributed by atoms with E-state index in [2.05, 4.69) is 193 Å². The molecule has 2 heterocycles. The minimum absolute atomic E-state index is 0.660. The van der Waals surface area contributed by atoms with Gasteiger partial charge in [0.1, 0.15) is 0 Å². The van der Waals surface area contributed by atoms with Crippen LogP contribution in [0.1, 0.15) is 5.56 Å². The minimum Gasteiger partial charge on any atom is -0.309 e. The number of benzene rings is 11. The van der Waals surface area contributed by atoms with Gasteiger partial charge in [0.15, 0.2) is 0 Å². The van der Waals surface area contributed by atoms with Crippen molar-refractivity contribution in [2.75, 3.05) is 0 Å². The van der Waals surface area contributed by atoms with E-state index in [1.165, 1.54) is 10.8 Å². The summed E-state index contributed by atoms with van der Waals surface area (Å²) < 4.78 is 43.1. The van der Waals surface area contributed by atoms with Gasteiger partial charge in [0.25, 0.3) is 0 Å². The number of hydrogen-bond donors (Lipinski definition) is 0. The van der Waals surface area contributed by atoms with Crippen molar-refractivity contribution in [3.8, 4) is 50.5 Å². The van der Waals surface area contributed by atoms with Crippen molar-refractivity contribution in [1.82, 2.24) is 9.55 Å². The Morgan fingerprint density at radius 3 is 1.39 bits per heavy atom. The van der Waals surface area contributed by atoms with E-state index in [0.717, 1.165) is 127 Å². The molecule has 0 saturated heterocycles. The monoisotopic (exact) mass is 866 g/mol. The lowest BCUT2D eigenvalue weighted by Crippen LogP contribution is -2.03. The molecule has 0 N–H and O–H groups in total. The van der Waals surface area contributed by atoms with E-state index in [1.54, 1.807) is 12.1 Å². The van der Waals surface area contributed by atoms with Crippen LogP contribution < -0.4 is 0 Å². The standard InChI is InChI=1S/C62H37F3N2/c63-62(64,65)48-26-22-41(23-27-48)44-24-28-52-53(32-44)50-16-8-9-17-51(50)54-36-57-56-33-45(38-10-2-1-3-11-38)25-29-60(56)67(61(57)37-55(52)54)49-34-58(46-20-18-39-12-4-6-14-42(39)30-46)66-59(35-49)47-21-19-40-13-5-7-15-43(40)31-47/h1-37H. The highest BCUT2D eigenvalue weighted by Crippen LogP contribution is 2.44. The summed E-state index contributed by atoms with van der Waals surface area (Å²) in [6, 6.07) is 76.6. The molecule has 0 spiro atoms. The number of rotatable bonds is 5. The van der Waals surface area contributed by atoms with Crippen molar-refractivity contribution < 1.29 is 13.2 Å². The molecule has 0 aliphatic heterocycles. The molecule has 13 rings (SSSR count). The molecular formula is C62H37F3N2. The van der Waals surface area contributed by atoms with Crippen LogP contribution in [-0.2, 0) is 6.18 Å². The Hall–Kier alpha value is -8.54. The molecule has 13 aromatic rings. The van der Waals surface area contributed by atoms with Crippen molar-refractivity contribution in [2.24, 2.45) is 0 Å². The second kappa shape index (κ2) is 15.0. The Bertz CT molecular complexity index is 4030. The lowest BCUT2D eigenvalue weighted by atomic mass is 9.91. The Balaban J connectivity index is 1.11. The lowest BCUT2D eigenvalue weighted by Gasteiger charge is -2.15. The zero-order valence-electron chi connectivity index (χ0n) is 35.9. The van der Waals surface area contributed by atoms with Crippen molar-refractivity contribution in [3.05, 3.63) is 230 Å². The molecule has 67 heavy (non-hydrogen) atoms. The fourth-order valence-electron chi connectivity index (χ4n) is 10.2. The van der Waals surface area contributed by atoms with Gasteiger partial charge in [0, 0.05) is 21.9 Å². The van der Waals surface area contributed by atoms with Gasteiger partial charge in [-0.25, -0.2) is 4.98 Å². The third kappa shape index (κ3) is 6.53. The second-order valence-electron chi connectivity index (χ2n) is 17.4. The predicted molar refractivity (Wildman–Crippen MR) is 273 cm³/mol. The van der Waals surface area contributed by atoms with Crippen molar-refractivity contribution >= 4 is 75.7 Å². The average molecular weight is 867 g/mol. The van der Waals surface area contributed by atoms with E-state index in [4.69, 9.17) is 4.98 Å². The van der Waals surface area contributed by atoms with Crippen LogP contribution in [0.4, 0.5) is 13.2 Å². The Labute approximate surface area is 383 Å². The number of hydrogen-bond acceptors (Lipinski definition) is 1. The van der Waals surface area contributed by atoms with E-state index in [0.29, 0.717) is 0 Å². The molecule has 2 aromatic heterocycles. The maximum atomic E-state index is 13.6. The van der Waals surface area contributed by atoms with Crippen molar-refractivity contribution in [1.29, 1.82) is 0 Å². The lowest BCUT2D eigenvalue weighted by molar-refractivity contribution is -0.137. The van der Waals surface area contributed by atoms with Crippen LogP contribution in [0, 0.1) is 0 Å². The number of pyridine rings is 1. The Morgan fingerprint density at radius 1 is 0.299 bits per heavy atom. The molecule has 0 unspecified atom stereocenters. The molecule has 0 bridgehead atoms. The number of aromatic nitrogens is 2. The fraction of sp³-hybridized carbons (Fsp3) is 0.0161. The highest BCUT2D eigenvalue weighted by atomic mass is 19.4. The molecule has 5 heteroatoms. The van der Waals surface area contributed by atoms with Gasteiger partial charge < -0.3 is 4.57 Å². The summed E-state index contributed by atoms with van der Waals surface area (Å²) in [7, 11) is 0. The first-order valence-electron chi connectivity index (χ1n) is 22.4. The SMILES string of the molecule is FC(F)(F)c1ccc(-c2ccc3c(c2)c2ccccc2c2cc4c5cc(-c6ccccc6)ccc5n(-c5cc(-c6ccc7ccccc7c6)nc(-c6ccc7ccccc7c6)c5)c4cc32)cc1. The van der Waals surface area contributed by atoms with E-state index in [9.17, 15) is 13.2 Å². The highest BCUT2D eigenvalue weighted by molar-refractivity contribution is 6.29. The summed E-state index contributed by atoms with van der Waals surface area (Å²) in [6.07, 6.45) is -4.40. The zero-order valence-corrected chi connectivity index (χ0v) is 35.9. The third-order valence-corrected chi connectivity index (χ3v) is 13.5. The molecule has 0 atom stereocenters. The molecule has 0 radical (unpaired) electrons. The molecule has 316 valence electrons.